The van der Waals surface area contributed by atoms with Crippen LogP contribution >= 0.6 is 11.6 Å². The number of rotatable bonds is 2. The van der Waals surface area contributed by atoms with Crippen molar-refractivity contribution in [3.05, 3.63) is 47.2 Å². The van der Waals surface area contributed by atoms with E-state index in [1.165, 1.54) is 12.1 Å². The molecule has 4 N–H and O–H groups in total. The average molecular weight is 353 g/mol. The highest BCUT2D eigenvalue weighted by Gasteiger charge is 2.23. The van der Waals surface area contributed by atoms with Gasteiger partial charge in [0.25, 0.3) is 0 Å². The average Bonchev–Trinajstić information content (AvgIpc) is 2.46. The third-order valence-corrected chi connectivity index (χ3v) is 5.54. The van der Waals surface area contributed by atoms with Crippen LogP contribution < -0.4 is 11.5 Å². The Morgan fingerprint density at radius 1 is 1.00 bits per heavy atom. The Morgan fingerprint density at radius 3 is 2.30 bits per heavy atom. The van der Waals surface area contributed by atoms with E-state index in [2.05, 4.69) is 9.97 Å². The summed E-state index contributed by atoms with van der Waals surface area (Å²) in [5.41, 5.74) is 11.6. The molecule has 1 heterocycles. The van der Waals surface area contributed by atoms with Crippen molar-refractivity contribution >= 4 is 44.1 Å². The maximum Gasteiger partial charge on any atom is 0.222 e. The number of benzene rings is 2. The molecule has 0 amide bonds. The fourth-order valence-electron chi connectivity index (χ4n) is 2.16. The van der Waals surface area contributed by atoms with Gasteiger partial charge in [-0.25, -0.2) is 17.8 Å². The van der Waals surface area contributed by atoms with Crippen LogP contribution in [0.5, 0.6) is 0 Å². The molecule has 0 unspecified atom stereocenters. The van der Waals surface area contributed by atoms with Gasteiger partial charge in [0.15, 0.2) is 0 Å². The van der Waals surface area contributed by atoms with Gasteiger partial charge in [0, 0.05) is 0 Å². The standard InChI is InChI=1S/C14H10ClFN4O2S/c15-12-10(23(21,22)8-3-1-7(16)2-4-8)6-5-9-11(12)13(17)20-14(18)19-9/h1-6H,(H4,17,18,19,20). The molecule has 0 fully saturated rings. The van der Waals surface area contributed by atoms with Crippen LogP contribution in [0.25, 0.3) is 10.9 Å². The molecule has 0 aliphatic heterocycles. The Morgan fingerprint density at radius 2 is 1.65 bits per heavy atom. The zero-order valence-electron chi connectivity index (χ0n) is 11.5. The molecule has 3 rings (SSSR count). The van der Waals surface area contributed by atoms with E-state index in [1.54, 1.807) is 0 Å². The first-order chi connectivity index (χ1) is 10.8. The van der Waals surface area contributed by atoms with E-state index < -0.39 is 15.7 Å². The summed E-state index contributed by atoms with van der Waals surface area (Å²) in [4.78, 5) is 7.49. The molecular weight excluding hydrogens is 343 g/mol. The highest BCUT2D eigenvalue weighted by atomic mass is 35.5. The lowest BCUT2D eigenvalue weighted by Gasteiger charge is -2.10. The first-order valence-corrected chi connectivity index (χ1v) is 8.18. The van der Waals surface area contributed by atoms with Crippen molar-refractivity contribution in [1.29, 1.82) is 0 Å². The van der Waals surface area contributed by atoms with Crippen molar-refractivity contribution in [2.75, 3.05) is 11.5 Å². The maximum atomic E-state index is 13.0. The smallest absolute Gasteiger partial charge is 0.222 e. The number of hydrogen-bond acceptors (Lipinski definition) is 6. The Hall–Kier alpha value is -2.45. The molecule has 0 atom stereocenters. The number of halogens is 2. The second kappa shape index (κ2) is 5.32. The summed E-state index contributed by atoms with van der Waals surface area (Å²) >= 11 is 6.21. The Kier molecular flexibility index (Phi) is 3.57. The monoisotopic (exact) mass is 352 g/mol. The molecule has 0 bridgehead atoms. The predicted octanol–water partition coefficient (Wildman–Crippen LogP) is 2.42. The van der Waals surface area contributed by atoms with E-state index >= 15 is 0 Å². The van der Waals surface area contributed by atoms with Crippen molar-refractivity contribution in [3.8, 4) is 0 Å². The minimum absolute atomic E-state index is 0.0198. The predicted molar refractivity (Wildman–Crippen MR) is 85.2 cm³/mol. The second-order valence-electron chi connectivity index (χ2n) is 4.70. The minimum atomic E-state index is -3.95. The van der Waals surface area contributed by atoms with E-state index in [-0.39, 0.29) is 32.0 Å². The summed E-state index contributed by atoms with van der Waals surface area (Å²) in [6, 6.07) is 7.17. The summed E-state index contributed by atoms with van der Waals surface area (Å²) in [5.74, 6) is -0.601. The van der Waals surface area contributed by atoms with Gasteiger partial charge in [-0.15, -0.1) is 0 Å². The van der Waals surface area contributed by atoms with E-state index in [0.29, 0.717) is 5.52 Å². The minimum Gasteiger partial charge on any atom is -0.383 e. The van der Waals surface area contributed by atoms with Crippen molar-refractivity contribution in [1.82, 2.24) is 9.97 Å². The van der Waals surface area contributed by atoms with Crippen LogP contribution in [-0.4, -0.2) is 18.4 Å². The van der Waals surface area contributed by atoms with E-state index in [0.717, 1.165) is 24.3 Å². The van der Waals surface area contributed by atoms with Crippen LogP contribution in [0.15, 0.2) is 46.2 Å². The van der Waals surface area contributed by atoms with Gasteiger partial charge in [0.2, 0.25) is 15.8 Å². The first-order valence-electron chi connectivity index (χ1n) is 6.32. The van der Waals surface area contributed by atoms with Crippen molar-refractivity contribution in [3.63, 3.8) is 0 Å². The Labute approximate surface area is 135 Å². The SMILES string of the molecule is Nc1nc(N)c2c(Cl)c(S(=O)(=O)c3ccc(F)cc3)ccc2n1. The quantitative estimate of drug-likeness (QED) is 0.685. The van der Waals surface area contributed by atoms with Gasteiger partial charge in [-0.2, -0.15) is 4.98 Å². The lowest BCUT2D eigenvalue weighted by Crippen LogP contribution is -2.06. The number of aromatic nitrogens is 2. The number of nitrogens with zero attached hydrogens (tertiary/aromatic N) is 2. The number of fused-ring (bicyclic) bond motifs is 1. The summed E-state index contributed by atoms with van der Waals surface area (Å²) in [7, 11) is -3.95. The van der Waals surface area contributed by atoms with Crippen molar-refractivity contribution < 1.29 is 12.8 Å². The molecular formula is C14H10ClFN4O2S. The molecule has 0 aliphatic rings. The molecule has 2 aromatic carbocycles. The molecule has 3 aromatic rings. The molecule has 23 heavy (non-hydrogen) atoms. The molecule has 1 aromatic heterocycles. The van der Waals surface area contributed by atoms with E-state index in [1.807, 2.05) is 0 Å². The Balaban J connectivity index is 2.28. The lowest BCUT2D eigenvalue weighted by molar-refractivity contribution is 0.595. The summed E-state index contributed by atoms with van der Waals surface area (Å²) < 4.78 is 38.3. The summed E-state index contributed by atoms with van der Waals surface area (Å²) in [6.45, 7) is 0. The molecule has 118 valence electrons. The van der Waals surface area contributed by atoms with Gasteiger partial charge in [0.05, 0.1) is 25.7 Å². The third-order valence-electron chi connectivity index (χ3n) is 3.22. The van der Waals surface area contributed by atoms with Crippen LogP contribution in [0.1, 0.15) is 0 Å². The number of sulfone groups is 1. The van der Waals surface area contributed by atoms with Crippen LogP contribution in [0.4, 0.5) is 16.2 Å². The number of hydrogen-bond donors (Lipinski definition) is 2. The second-order valence-corrected chi connectivity index (χ2v) is 6.99. The normalized spacial score (nSPS) is 11.7. The van der Waals surface area contributed by atoms with Gasteiger partial charge in [-0.1, -0.05) is 11.6 Å². The Bertz CT molecular complexity index is 1020. The molecule has 0 aliphatic carbocycles. The maximum absolute atomic E-state index is 13.0. The third kappa shape index (κ3) is 2.55. The summed E-state index contributed by atoms with van der Waals surface area (Å²) in [5, 5.41) is 0.0911. The van der Waals surface area contributed by atoms with Gasteiger partial charge in [-0.05, 0) is 36.4 Å². The molecule has 0 saturated carbocycles. The van der Waals surface area contributed by atoms with E-state index in [9.17, 15) is 12.8 Å². The van der Waals surface area contributed by atoms with Gasteiger partial charge < -0.3 is 11.5 Å². The van der Waals surface area contributed by atoms with Crippen molar-refractivity contribution in [2.24, 2.45) is 0 Å². The zero-order chi connectivity index (χ0) is 16.8. The molecule has 0 radical (unpaired) electrons. The highest BCUT2D eigenvalue weighted by Crippen LogP contribution is 2.35. The first kappa shape index (κ1) is 15.4. The van der Waals surface area contributed by atoms with Gasteiger partial charge in [0.1, 0.15) is 11.6 Å². The number of nitrogens with two attached hydrogens (primary N) is 2. The zero-order valence-corrected chi connectivity index (χ0v) is 13.1. The number of nitrogen functional groups attached to an aromatic ring is 2. The lowest BCUT2D eigenvalue weighted by atomic mass is 10.2. The van der Waals surface area contributed by atoms with Gasteiger partial charge in [-0.3, -0.25) is 0 Å². The molecule has 0 saturated heterocycles. The van der Waals surface area contributed by atoms with E-state index in [4.69, 9.17) is 23.1 Å². The van der Waals surface area contributed by atoms with Crippen LogP contribution in [-0.2, 0) is 9.84 Å². The molecule has 6 nitrogen and oxygen atoms in total. The molecule has 0 spiro atoms. The largest absolute Gasteiger partial charge is 0.383 e. The van der Waals surface area contributed by atoms with Gasteiger partial charge >= 0.3 is 0 Å². The van der Waals surface area contributed by atoms with Crippen LogP contribution in [0, 0.1) is 5.82 Å². The fourth-order valence-corrected chi connectivity index (χ4v) is 4.05. The van der Waals surface area contributed by atoms with Crippen LogP contribution in [0.3, 0.4) is 0 Å². The molecule has 9 heteroatoms. The van der Waals surface area contributed by atoms with Crippen molar-refractivity contribution in [2.45, 2.75) is 9.79 Å². The topological polar surface area (TPSA) is 112 Å². The number of anilines is 2. The highest BCUT2D eigenvalue weighted by molar-refractivity contribution is 7.91. The summed E-state index contributed by atoms with van der Waals surface area (Å²) in [6.07, 6.45) is 0. The fraction of sp³-hybridized carbons (Fsp3) is 0. The van der Waals surface area contributed by atoms with Crippen LogP contribution in [0.2, 0.25) is 5.02 Å².